The summed E-state index contributed by atoms with van der Waals surface area (Å²) in [7, 11) is 0. The number of rotatable bonds is 2. The minimum atomic E-state index is -0.706. The first-order valence-electron chi connectivity index (χ1n) is 6.37. The average molecular weight is 309 g/mol. The fourth-order valence-electron chi connectivity index (χ4n) is 2.23. The van der Waals surface area contributed by atoms with Gasteiger partial charge in [-0.3, -0.25) is 4.57 Å². The summed E-state index contributed by atoms with van der Waals surface area (Å²) in [6.07, 6.45) is 0.599. The summed E-state index contributed by atoms with van der Waals surface area (Å²) in [4.78, 5) is 12.6. The summed E-state index contributed by atoms with van der Waals surface area (Å²) in [6, 6.07) is 3.57. The number of benzene rings is 1. The largest absolute Gasteiger partial charge is 0.280 e. The van der Waals surface area contributed by atoms with Gasteiger partial charge in [-0.1, -0.05) is 18.5 Å². The Hall–Kier alpha value is -2.08. The lowest BCUT2D eigenvalue weighted by Gasteiger charge is -2.08. The molecule has 0 aliphatic carbocycles. The molecule has 4 nitrogen and oxygen atoms in total. The van der Waals surface area contributed by atoms with Gasteiger partial charge < -0.3 is 0 Å². The molecular weight excluding hydrogens is 298 g/mol. The zero-order chi connectivity index (χ0) is 15.1. The molecule has 2 heterocycles. The predicted molar refractivity (Wildman–Crippen MR) is 75.7 cm³/mol. The maximum Gasteiger partial charge on any atom is 0.153 e. The first kappa shape index (κ1) is 13.9. The van der Waals surface area contributed by atoms with Crippen molar-refractivity contribution in [3.05, 3.63) is 46.6 Å². The number of fused-ring (bicyclic) bond motifs is 1. The number of aryl methyl sites for hydroxylation is 2. The van der Waals surface area contributed by atoms with E-state index < -0.39 is 11.6 Å². The Labute approximate surface area is 124 Å². The Bertz CT molecular complexity index is 845. The molecule has 3 aromatic rings. The van der Waals surface area contributed by atoms with Crippen LogP contribution in [0.2, 0.25) is 5.15 Å². The maximum atomic E-state index is 13.8. The number of aromatic nitrogens is 4. The predicted octanol–water partition coefficient (Wildman–Crippen LogP) is 3.62. The summed E-state index contributed by atoms with van der Waals surface area (Å²) >= 11 is 5.98. The van der Waals surface area contributed by atoms with Crippen LogP contribution in [0.3, 0.4) is 0 Å². The van der Waals surface area contributed by atoms with Crippen LogP contribution in [0.25, 0.3) is 16.9 Å². The zero-order valence-corrected chi connectivity index (χ0v) is 12.1. The molecule has 0 amide bonds. The number of imidazole rings is 1. The number of hydrogen-bond donors (Lipinski definition) is 0. The molecule has 21 heavy (non-hydrogen) atoms. The van der Waals surface area contributed by atoms with Crippen LogP contribution in [0, 0.1) is 18.6 Å². The summed E-state index contributed by atoms with van der Waals surface area (Å²) in [5.41, 5.74) is 0.406. The van der Waals surface area contributed by atoms with Crippen LogP contribution in [0.15, 0.2) is 18.2 Å². The molecule has 0 N–H and O–H groups in total. The van der Waals surface area contributed by atoms with Crippen LogP contribution in [-0.2, 0) is 6.42 Å². The van der Waals surface area contributed by atoms with Crippen molar-refractivity contribution in [2.45, 2.75) is 20.3 Å². The van der Waals surface area contributed by atoms with Gasteiger partial charge in [-0.2, -0.15) is 0 Å². The van der Waals surface area contributed by atoms with Gasteiger partial charge in [0.15, 0.2) is 5.82 Å². The Kier molecular flexibility index (Phi) is 3.33. The van der Waals surface area contributed by atoms with Gasteiger partial charge in [0.25, 0.3) is 0 Å². The van der Waals surface area contributed by atoms with E-state index in [1.807, 2.05) is 6.92 Å². The lowest BCUT2D eigenvalue weighted by atomic mass is 10.3. The minimum absolute atomic E-state index is 0.0988. The summed E-state index contributed by atoms with van der Waals surface area (Å²) in [5, 5.41) is 0.273. The van der Waals surface area contributed by atoms with Crippen molar-refractivity contribution in [3.8, 4) is 5.82 Å². The fraction of sp³-hybridized carbons (Fsp3) is 0.214. The van der Waals surface area contributed by atoms with Gasteiger partial charge in [-0.15, -0.1) is 0 Å². The van der Waals surface area contributed by atoms with Crippen molar-refractivity contribution in [3.63, 3.8) is 0 Å². The smallest absolute Gasteiger partial charge is 0.153 e. The number of hydrogen-bond acceptors (Lipinski definition) is 3. The van der Waals surface area contributed by atoms with Crippen molar-refractivity contribution in [1.82, 2.24) is 19.5 Å². The fourth-order valence-corrected chi connectivity index (χ4v) is 2.43. The summed E-state index contributed by atoms with van der Waals surface area (Å²) < 4.78 is 28.9. The van der Waals surface area contributed by atoms with Gasteiger partial charge in [-0.05, 0) is 6.92 Å². The highest BCUT2D eigenvalue weighted by atomic mass is 35.5. The Morgan fingerprint density at radius 2 is 1.90 bits per heavy atom. The van der Waals surface area contributed by atoms with Crippen molar-refractivity contribution in [2.24, 2.45) is 0 Å². The van der Waals surface area contributed by atoms with E-state index in [4.69, 9.17) is 11.6 Å². The van der Waals surface area contributed by atoms with E-state index in [0.717, 1.165) is 6.07 Å². The van der Waals surface area contributed by atoms with Crippen molar-refractivity contribution >= 4 is 22.6 Å². The van der Waals surface area contributed by atoms with E-state index in [0.29, 0.717) is 29.4 Å². The van der Waals surface area contributed by atoms with Gasteiger partial charge in [0.05, 0.1) is 5.52 Å². The highest BCUT2D eigenvalue weighted by molar-refractivity contribution is 6.29. The van der Waals surface area contributed by atoms with Crippen LogP contribution in [0.1, 0.15) is 18.6 Å². The molecule has 0 bridgehead atoms. The highest BCUT2D eigenvalue weighted by Crippen LogP contribution is 2.24. The molecule has 2 aromatic heterocycles. The lowest BCUT2D eigenvalue weighted by Crippen LogP contribution is -2.04. The maximum absolute atomic E-state index is 13.8. The first-order chi connectivity index (χ1) is 9.99. The van der Waals surface area contributed by atoms with Gasteiger partial charge in [0, 0.05) is 24.6 Å². The first-order valence-corrected chi connectivity index (χ1v) is 6.75. The topological polar surface area (TPSA) is 43.6 Å². The molecule has 0 unspecified atom stereocenters. The summed E-state index contributed by atoms with van der Waals surface area (Å²) in [6.45, 7) is 3.59. The van der Waals surface area contributed by atoms with E-state index in [1.54, 1.807) is 11.5 Å². The molecule has 108 valence electrons. The lowest BCUT2D eigenvalue weighted by molar-refractivity contribution is 0.590. The third kappa shape index (κ3) is 2.35. The van der Waals surface area contributed by atoms with Gasteiger partial charge in [-0.25, -0.2) is 23.7 Å². The SMILES string of the molecule is CCc1nc(Cl)cc(-n2c(C)nc3c(F)cc(F)cc32)n1. The molecule has 0 aliphatic heterocycles. The third-order valence-electron chi connectivity index (χ3n) is 3.12. The quantitative estimate of drug-likeness (QED) is 0.679. The van der Waals surface area contributed by atoms with Crippen molar-refractivity contribution < 1.29 is 8.78 Å². The highest BCUT2D eigenvalue weighted by Gasteiger charge is 2.16. The van der Waals surface area contributed by atoms with Crippen molar-refractivity contribution in [2.75, 3.05) is 0 Å². The van der Waals surface area contributed by atoms with Crippen molar-refractivity contribution in [1.29, 1.82) is 0 Å². The van der Waals surface area contributed by atoms with E-state index in [2.05, 4.69) is 15.0 Å². The minimum Gasteiger partial charge on any atom is -0.280 e. The molecule has 0 atom stereocenters. The van der Waals surface area contributed by atoms with Crippen LogP contribution in [-0.4, -0.2) is 19.5 Å². The van der Waals surface area contributed by atoms with Gasteiger partial charge >= 0.3 is 0 Å². The molecule has 0 spiro atoms. The van der Waals surface area contributed by atoms with E-state index in [9.17, 15) is 8.78 Å². The number of halogens is 3. The molecule has 0 saturated heterocycles. The van der Waals surface area contributed by atoms with Crippen LogP contribution < -0.4 is 0 Å². The van der Waals surface area contributed by atoms with E-state index in [-0.39, 0.29) is 10.7 Å². The average Bonchev–Trinajstić information content (AvgIpc) is 2.74. The normalized spacial score (nSPS) is 11.3. The molecule has 0 radical (unpaired) electrons. The Morgan fingerprint density at radius 1 is 1.14 bits per heavy atom. The number of nitrogens with zero attached hydrogens (tertiary/aromatic N) is 4. The zero-order valence-electron chi connectivity index (χ0n) is 11.4. The van der Waals surface area contributed by atoms with Gasteiger partial charge in [0.1, 0.15) is 34.0 Å². The van der Waals surface area contributed by atoms with Gasteiger partial charge in [0.2, 0.25) is 0 Å². The van der Waals surface area contributed by atoms with Crippen LogP contribution in [0.4, 0.5) is 8.78 Å². The molecule has 1 aromatic carbocycles. The molecule has 0 fully saturated rings. The molecule has 0 saturated carbocycles. The van der Waals surface area contributed by atoms with E-state index in [1.165, 1.54) is 12.1 Å². The van der Waals surface area contributed by atoms with Crippen LogP contribution in [0.5, 0.6) is 0 Å². The van der Waals surface area contributed by atoms with E-state index >= 15 is 0 Å². The second-order valence-corrected chi connectivity index (χ2v) is 4.96. The standard InChI is InChI=1S/C14H11ClF2N4/c1-3-12-19-11(15)6-13(20-12)21-7(2)18-14-9(17)4-8(16)5-10(14)21/h4-6H,3H2,1-2H3. The third-order valence-corrected chi connectivity index (χ3v) is 3.31. The Balaban J connectivity index is 2.34. The molecule has 3 rings (SSSR count). The Morgan fingerprint density at radius 3 is 2.62 bits per heavy atom. The summed E-state index contributed by atoms with van der Waals surface area (Å²) in [5.74, 6) is 0.110. The molecular formula is C14H11ClF2N4. The molecule has 0 aliphatic rings. The second-order valence-electron chi connectivity index (χ2n) is 4.57. The monoisotopic (exact) mass is 308 g/mol. The second kappa shape index (κ2) is 5.04. The van der Waals surface area contributed by atoms with Crippen LogP contribution >= 0.6 is 11.6 Å². The molecule has 7 heteroatoms.